The third-order valence-electron chi connectivity index (χ3n) is 2.67. The van der Waals surface area contributed by atoms with E-state index in [1.165, 1.54) is 19.2 Å². The Hall–Kier alpha value is -1.71. The summed E-state index contributed by atoms with van der Waals surface area (Å²) >= 11 is 12.1. The molecule has 3 nitrogen and oxygen atoms in total. The Morgan fingerprint density at radius 3 is 2.47 bits per heavy atom. The van der Waals surface area contributed by atoms with Gasteiger partial charge in [0.2, 0.25) is 0 Å². The number of halogens is 2. The van der Waals surface area contributed by atoms with E-state index in [4.69, 9.17) is 33.0 Å². The fourth-order valence-electron chi connectivity index (χ4n) is 1.76. The third-order valence-corrected chi connectivity index (χ3v) is 3.23. The second-order valence-electron chi connectivity index (χ2n) is 3.84. The molecule has 0 saturated carbocycles. The zero-order chi connectivity index (χ0) is 14.0. The molecular weight excluding hydrogens is 287 g/mol. The Morgan fingerprint density at radius 1 is 1.11 bits per heavy atom. The Kier molecular flexibility index (Phi) is 3.98. The largest absolute Gasteiger partial charge is 0.496 e. The number of carbonyl (C=O) groups is 1. The molecule has 2 rings (SSSR count). The smallest absolute Gasteiger partial charge is 0.335 e. The summed E-state index contributed by atoms with van der Waals surface area (Å²) in [5.41, 5.74) is 1.38. The monoisotopic (exact) mass is 296 g/mol. The number of rotatable bonds is 3. The van der Waals surface area contributed by atoms with Crippen molar-refractivity contribution in [1.29, 1.82) is 0 Å². The molecule has 0 aromatic heterocycles. The SMILES string of the molecule is COc1ccc(Cl)cc1-c1cc(C(=O)O)ccc1Cl. The Labute approximate surface area is 120 Å². The van der Waals surface area contributed by atoms with Crippen molar-refractivity contribution >= 4 is 29.2 Å². The van der Waals surface area contributed by atoms with Gasteiger partial charge in [0.25, 0.3) is 0 Å². The average Bonchev–Trinajstić information content (AvgIpc) is 2.39. The number of ether oxygens (including phenoxy) is 1. The van der Waals surface area contributed by atoms with Crippen molar-refractivity contribution in [3.63, 3.8) is 0 Å². The van der Waals surface area contributed by atoms with Crippen LogP contribution in [0.4, 0.5) is 0 Å². The van der Waals surface area contributed by atoms with Gasteiger partial charge in [-0.25, -0.2) is 4.79 Å². The van der Waals surface area contributed by atoms with Crippen LogP contribution in [0.5, 0.6) is 5.75 Å². The molecule has 5 heteroatoms. The number of aromatic carboxylic acids is 1. The summed E-state index contributed by atoms with van der Waals surface area (Å²) in [6.07, 6.45) is 0. The first kappa shape index (κ1) is 13.7. The fraction of sp³-hybridized carbons (Fsp3) is 0.0714. The summed E-state index contributed by atoms with van der Waals surface area (Å²) in [6.45, 7) is 0. The van der Waals surface area contributed by atoms with E-state index in [1.54, 1.807) is 24.3 Å². The Morgan fingerprint density at radius 2 is 1.84 bits per heavy atom. The molecule has 0 heterocycles. The first-order chi connectivity index (χ1) is 9.02. The normalized spacial score (nSPS) is 10.3. The maximum absolute atomic E-state index is 11.0. The van der Waals surface area contributed by atoms with Crippen LogP contribution < -0.4 is 4.74 Å². The summed E-state index contributed by atoms with van der Waals surface area (Å²) in [6, 6.07) is 9.58. The topological polar surface area (TPSA) is 46.5 Å². The number of benzene rings is 2. The van der Waals surface area contributed by atoms with Crippen molar-refractivity contribution in [2.75, 3.05) is 7.11 Å². The Bertz CT molecular complexity index is 639. The van der Waals surface area contributed by atoms with Crippen LogP contribution in [0.2, 0.25) is 10.0 Å². The minimum atomic E-state index is -1.01. The van der Waals surface area contributed by atoms with Gasteiger partial charge in [-0.2, -0.15) is 0 Å². The quantitative estimate of drug-likeness (QED) is 0.915. The van der Waals surface area contributed by atoms with Gasteiger partial charge in [-0.15, -0.1) is 0 Å². The molecule has 0 amide bonds. The van der Waals surface area contributed by atoms with E-state index in [1.807, 2.05) is 0 Å². The predicted molar refractivity (Wildman–Crippen MR) is 75.4 cm³/mol. The molecule has 0 radical (unpaired) electrons. The number of hydrogen-bond donors (Lipinski definition) is 1. The lowest BCUT2D eigenvalue weighted by Gasteiger charge is -2.11. The highest BCUT2D eigenvalue weighted by atomic mass is 35.5. The van der Waals surface area contributed by atoms with E-state index in [0.717, 1.165) is 0 Å². The molecule has 2 aromatic carbocycles. The van der Waals surface area contributed by atoms with Gasteiger partial charge in [0.1, 0.15) is 5.75 Å². The first-order valence-corrected chi connectivity index (χ1v) is 6.15. The predicted octanol–water partition coefficient (Wildman–Crippen LogP) is 4.37. The molecule has 2 aromatic rings. The average molecular weight is 297 g/mol. The lowest BCUT2D eigenvalue weighted by atomic mass is 10.0. The van der Waals surface area contributed by atoms with Gasteiger partial charge in [-0.1, -0.05) is 23.2 Å². The molecule has 0 saturated heterocycles. The fourth-order valence-corrected chi connectivity index (χ4v) is 2.15. The molecule has 0 aliphatic heterocycles. The summed E-state index contributed by atoms with van der Waals surface area (Å²) in [7, 11) is 1.53. The second kappa shape index (κ2) is 5.51. The van der Waals surface area contributed by atoms with Crippen LogP contribution in [0, 0.1) is 0 Å². The van der Waals surface area contributed by atoms with Gasteiger partial charge in [0, 0.05) is 21.2 Å². The van der Waals surface area contributed by atoms with Crippen LogP contribution in [0.1, 0.15) is 10.4 Å². The standard InChI is InChI=1S/C14H10Cl2O3/c1-19-13-5-3-9(15)7-11(13)10-6-8(14(17)18)2-4-12(10)16/h2-7H,1H3,(H,17,18). The van der Waals surface area contributed by atoms with Gasteiger partial charge >= 0.3 is 5.97 Å². The summed E-state index contributed by atoms with van der Waals surface area (Å²) in [5, 5.41) is 9.98. The molecule has 0 fully saturated rings. The molecule has 0 aliphatic carbocycles. The highest BCUT2D eigenvalue weighted by Crippen LogP contribution is 2.37. The van der Waals surface area contributed by atoms with E-state index in [0.29, 0.717) is 26.9 Å². The van der Waals surface area contributed by atoms with Crippen LogP contribution in [0.15, 0.2) is 36.4 Å². The number of carboxylic acid groups (broad SMARTS) is 1. The van der Waals surface area contributed by atoms with E-state index in [2.05, 4.69) is 0 Å². The molecule has 0 atom stereocenters. The minimum absolute atomic E-state index is 0.154. The van der Waals surface area contributed by atoms with Crippen LogP contribution in [0.25, 0.3) is 11.1 Å². The van der Waals surface area contributed by atoms with Crippen LogP contribution in [-0.4, -0.2) is 18.2 Å². The molecule has 19 heavy (non-hydrogen) atoms. The maximum Gasteiger partial charge on any atom is 0.335 e. The number of carboxylic acids is 1. The van der Waals surface area contributed by atoms with Crippen LogP contribution >= 0.6 is 23.2 Å². The van der Waals surface area contributed by atoms with Crippen molar-refractivity contribution in [3.05, 3.63) is 52.0 Å². The van der Waals surface area contributed by atoms with Crippen molar-refractivity contribution in [2.24, 2.45) is 0 Å². The maximum atomic E-state index is 11.0. The lowest BCUT2D eigenvalue weighted by Crippen LogP contribution is -1.97. The molecule has 0 aliphatic rings. The van der Waals surface area contributed by atoms with Crippen molar-refractivity contribution in [2.45, 2.75) is 0 Å². The summed E-state index contributed by atoms with van der Waals surface area (Å²) in [4.78, 5) is 11.0. The van der Waals surface area contributed by atoms with Gasteiger partial charge < -0.3 is 9.84 Å². The molecule has 1 N–H and O–H groups in total. The molecule has 0 bridgehead atoms. The van der Waals surface area contributed by atoms with Crippen LogP contribution in [0.3, 0.4) is 0 Å². The first-order valence-electron chi connectivity index (χ1n) is 5.39. The molecule has 98 valence electrons. The van der Waals surface area contributed by atoms with E-state index < -0.39 is 5.97 Å². The number of methoxy groups -OCH3 is 1. The highest BCUT2D eigenvalue weighted by Gasteiger charge is 2.13. The van der Waals surface area contributed by atoms with Crippen molar-refractivity contribution in [1.82, 2.24) is 0 Å². The van der Waals surface area contributed by atoms with Gasteiger partial charge in [0.05, 0.1) is 12.7 Å². The molecular formula is C14H10Cl2O3. The van der Waals surface area contributed by atoms with Gasteiger partial charge in [-0.05, 0) is 36.4 Å². The zero-order valence-electron chi connectivity index (χ0n) is 9.98. The minimum Gasteiger partial charge on any atom is -0.496 e. The molecule has 0 unspecified atom stereocenters. The Balaban J connectivity index is 2.67. The van der Waals surface area contributed by atoms with Crippen molar-refractivity contribution < 1.29 is 14.6 Å². The summed E-state index contributed by atoms with van der Waals surface area (Å²) < 4.78 is 5.25. The summed E-state index contributed by atoms with van der Waals surface area (Å²) in [5.74, 6) is -0.437. The third kappa shape index (κ3) is 2.83. The van der Waals surface area contributed by atoms with Gasteiger partial charge in [0.15, 0.2) is 0 Å². The van der Waals surface area contributed by atoms with E-state index in [-0.39, 0.29) is 5.56 Å². The van der Waals surface area contributed by atoms with Crippen molar-refractivity contribution in [3.8, 4) is 16.9 Å². The van der Waals surface area contributed by atoms with E-state index in [9.17, 15) is 4.79 Å². The second-order valence-corrected chi connectivity index (χ2v) is 4.69. The molecule has 0 spiro atoms. The van der Waals surface area contributed by atoms with Gasteiger partial charge in [-0.3, -0.25) is 0 Å². The highest BCUT2D eigenvalue weighted by molar-refractivity contribution is 6.34. The lowest BCUT2D eigenvalue weighted by molar-refractivity contribution is 0.0697. The van der Waals surface area contributed by atoms with Crippen LogP contribution in [-0.2, 0) is 0 Å². The number of hydrogen-bond acceptors (Lipinski definition) is 2. The zero-order valence-corrected chi connectivity index (χ0v) is 11.5. The van der Waals surface area contributed by atoms with E-state index >= 15 is 0 Å².